The van der Waals surface area contributed by atoms with Crippen LogP contribution in [0.3, 0.4) is 0 Å². The predicted octanol–water partition coefficient (Wildman–Crippen LogP) is 2.84. The molecule has 0 radical (unpaired) electrons. The summed E-state index contributed by atoms with van der Waals surface area (Å²) in [6, 6.07) is 9.55. The predicted molar refractivity (Wildman–Crippen MR) is 85.1 cm³/mol. The zero-order valence-corrected chi connectivity index (χ0v) is 12.6. The molecule has 21 heavy (non-hydrogen) atoms. The second kappa shape index (κ2) is 5.84. The van der Waals surface area contributed by atoms with Gasteiger partial charge in [-0.3, -0.25) is 4.79 Å². The van der Waals surface area contributed by atoms with Gasteiger partial charge in [-0.05, 0) is 41.1 Å². The Hall–Kier alpha value is -1.91. The highest BCUT2D eigenvalue weighted by molar-refractivity contribution is 7.11. The van der Waals surface area contributed by atoms with Gasteiger partial charge in [-0.2, -0.15) is 0 Å². The van der Waals surface area contributed by atoms with Crippen LogP contribution in [0.25, 0.3) is 6.08 Å². The molecule has 1 aromatic heterocycles. The summed E-state index contributed by atoms with van der Waals surface area (Å²) in [6.45, 7) is 2.02. The molecule has 1 aliphatic carbocycles. The first kappa shape index (κ1) is 14.0. The van der Waals surface area contributed by atoms with E-state index >= 15 is 0 Å². The van der Waals surface area contributed by atoms with Crippen LogP contribution in [0.15, 0.2) is 41.8 Å². The molecule has 1 aromatic carbocycles. The van der Waals surface area contributed by atoms with E-state index in [9.17, 15) is 9.90 Å². The summed E-state index contributed by atoms with van der Waals surface area (Å²) < 4.78 is 0. The van der Waals surface area contributed by atoms with E-state index in [1.807, 2.05) is 48.7 Å². The fraction of sp³-hybridized carbons (Fsp3) is 0.235. The van der Waals surface area contributed by atoms with Gasteiger partial charge in [0.2, 0.25) is 5.91 Å². The van der Waals surface area contributed by atoms with Crippen LogP contribution in [0.1, 0.15) is 27.6 Å². The van der Waals surface area contributed by atoms with Gasteiger partial charge in [-0.1, -0.05) is 24.3 Å². The van der Waals surface area contributed by atoms with E-state index < -0.39 is 6.10 Å². The molecule has 0 aliphatic heterocycles. The Morgan fingerprint density at radius 1 is 1.38 bits per heavy atom. The van der Waals surface area contributed by atoms with Crippen molar-refractivity contribution in [1.29, 1.82) is 0 Å². The van der Waals surface area contributed by atoms with Crippen LogP contribution in [0.5, 0.6) is 0 Å². The molecule has 0 saturated heterocycles. The quantitative estimate of drug-likeness (QED) is 0.856. The summed E-state index contributed by atoms with van der Waals surface area (Å²) in [5, 5.41) is 15.0. The zero-order chi connectivity index (χ0) is 14.8. The van der Waals surface area contributed by atoms with Crippen molar-refractivity contribution in [3.63, 3.8) is 0 Å². The first-order valence-corrected chi connectivity index (χ1v) is 7.81. The number of carbonyl (C=O) groups is 1. The molecule has 2 N–H and O–H groups in total. The van der Waals surface area contributed by atoms with E-state index in [2.05, 4.69) is 5.32 Å². The van der Waals surface area contributed by atoms with Crippen molar-refractivity contribution < 1.29 is 9.90 Å². The minimum absolute atomic E-state index is 0.177. The summed E-state index contributed by atoms with van der Waals surface area (Å²) in [5.74, 6) is -0.177. The largest absolute Gasteiger partial charge is 0.390 e. The number of aliphatic hydroxyl groups is 1. The number of benzene rings is 1. The van der Waals surface area contributed by atoms with Gasteiger partial charge >= 0.3 is 0 Å². The van der Waals surface area contributed by atoms with Crippen molar-refractivity contribution in [2.45, 2.75) is 25.5 Å². The first-order valence-electron chi connectivity index (χ1n) is 6.93. The Morgan fingerprint density at radius 3 is 2.95 bits per heavy atom. The van der Waals surface area contributed by atoms with E-state index in [0.29, 0.717) is 6.42 Å². The second-order valence-corrected chi connectivity index (χ2v) is 6.21. The Morgan fingerprint density at radius 2 is 2.19 bits per heavy atom. The first-order chi connectivity index (χ1) is 10.1. The minimum Gasteiger partial charge on any atom is -0.390 e. The van der Waals surface area contributed by atoms with Gasteiger partial charge in [0, 0.05) is 17.4 Å². The maximum atomic E-state index is 12.1. The second-order valence-electron chi connectivity index (χ2n) is 5.26. The average molecular weight is 299 g/mol. The Balaban J connectivity index is 1.71. The smallest absolute Gasteiger partial charge is 0.244 e. The van der Waals surface area contributed by atoms with Gasteiger partial charge in [-0.15, -0.1) is 11.3 Å². The van der Waals surface area contributed by atoms with Gasteiger partial charge in [0.05, 0.1) is 12.1 Å². The molecule has 4 heteroatoms. The molecular formula is C17H17NO2S. The lowest BCUT2D eigenvalue weighted by Crippen LogP contribution is -2.32. The lowest BCUT2D eigenvalue weighted by Gasteiger charge is -2.16. The summed E-state index contributed by atoms with van der Waals surface area (Å²) in [5.41, 5.74) is 3.28. The number of aryl methyl sites for hydroxylation is 1. The van der Waals surface area contributed by atoms with Crippen molar-refractivity contribution >= 4 is 23.3 Å². The standard InChI is InChI=1S/C17H17NO2S/c1-11-8-9-21-15(11)6-7-16(20)18-17-13-5-3-2-4-12(13)10-14(17)19/h2-9,14,17,19H,10H2,1H3,(H,18,20)/b7-6+/t14-,17+/m0/s1. The highest BCUT2D eigenvalue weighted by Gasteiger charge is 2.31. The van der Waals surface area contributed by atoms with Gasteiger partial charge in [0.25, 0.3) is 0 Å². The van der Waals surface area contributed by atoms with Crippen molar-refractivity contribution in [3.8, 4) is 0 Å². The summed E-state index contributed by atoms with van der Waals surface area (Å²) in [6.07, 6.45) is 3.40. The van der Waals surface area contributed by atoms with Crippen molar-refractivity contribution in [3.05, 3.63) is 63.4 Å². The Kier molecular flexibility index (Phi) is 3.90. The van der Waals surface area contributed by atoms with E-state index in [1.54, 1.807) is 11.3 Å². The number of nitrogens with one attached hydrogen (secondary N) is 1. The highest BCUT2D eigenvalue weighted by Crippen LogP contribution is 2.31. The van der Waals surface area contributed by atoms with E-state index in [4.69, 9.17) is 0 Å². The monoisotopic (exact) mass is 299 g/mol. The molecule has 3 nitrogen and oxygen atoms in total. The molecule has 1 amide bonds. The number of aliphatic hydroxyl groups excluding tert-OH is 1. The lowest BCUT2D eigenvalue weighted by molar-refractivity contribution is -0.117. The Bertz CT molecular complexity index is 690. The minimum atomic E-state index is -0.553. The number of hydrogen-bond acceptors (Lipinski definition) is 3. The SMILES string of the molecule is Cc1ccsc1/C=C/C(=O)N[C@@H]1c2ccccc2C[C@@H]1O. The molecule has 2 aromatic rings. The van der Waals surface area contributed by atoms with Crippen LogP contribution in [0.2, 0.25) is 0 Å². The molecular weight excluding hydrogens is 282 g/mol. The maximum absolute atomic E-state index is 12.1. The van der Waals surface area contributed by atoms with Gasteiger partial charge in [0.1, 0.15) is 0 Å². The summed E-state index contributed by atoms with van der Waals surface area (Å²) in [4.78, 5) is 13.1. The van der Waals surface area contributed by atoms with E-state index in [0.717, 1.165) is 21.6 Å². The molecule has 2 atom stereocenters. The number of rotatable bonds is 3. The molecule has 108 valence electrons. The number of carbonyl (C=O) groups excluding carboxylic acids is 1. The number of hydrogen-bond donors (Lipinski definition) is 2. The molecule has 1 aliphatic rings. The van der Waals surface area contributed by atoms with Gasteiger partial charge < -0.3 is 10.4 Å². The lowest BCUT2D eigenvalue weighted by atomic mass is 10.1. The van der Waals surface area contributed by atoms with Crippen LogP contribution < -0.4 is 5.32 Å². The van der Waals surface area contributed by atoms with E-state index in [1.165, 1.54) is 6.08 Å². The fourth-order valence-electron chi connectivity index (χ4n) is 2.66. The molecule has 0 fully saturated rings. The number of thiophene rings is 1. The number of amides is 1. The average Bonchev–Trinajstić information content (AvgIpc) is 3.01. The van der Waals surface area contributed by atoms with Crippen LogP contribution in [-0.4, -0.2) is 17.1 Å². The van der Waals surface area contributed by atoms with E-state index in [-0.39, 0.29) is 11.9 Å². The molecule has 3 rings (SSSR count). The summed E-state index contributed by atoms with van der Waals surface area (Å²) in [7, 11) is 0. The third-order valence-electron chi connectivity index (χ3n) is 3.79. The zero-order valence-electron chi connectivity index (χ0n) is 11.7. The molecule has 0 spiro atoms. The van der Waals surface area contributed by atoms with Crippen molar-refractivity contribution in [1.82, 2.24) is 5.32 Å². The molecule has 0 bridgehead atoms. The normalized spacial score (nSPS) is 20.7. The third-order valence-corrected chi connectivity index (χ3v) is 4.77. The van der Waals surface area contributed by atoms with Crippen LogP contribution >= 0.6 is 11.3 Å². The fourth-order valence-corrected chi connectivity index (χ4v) is 3.48. The molecule has 1 heterocycles. The van der Waals surface area contributed by atoms with Crippen LogP contribution in [0.4, 0.5) is 0 Å². The summed E-state index contributed by atoms with van der Waals surface area (Å²) >= 11 is 1.61. The van der Waals surface area contributed by atoms with Gasteiger partial charge in [0.15, 0.2) is 0 Å². The maximum Gasteiger partial charge on any atom is 0.244 e. The highest BCUT2D eigenvalue weighted by atomic mass is 32.1. The van der Waals surface area contributed by atoms with Crippen LogP contribution in [-0.2, 0) is 11.2 Å². The van der Waals surface area contributed by atoms with Crippen LogP contribution in [0, 0.1) is 6.92 Å². The molecule has 0 saturated carbocycles. The van der Waals surface area contributed by atoms with Crippen molar-refractivity contribution in [2.24, 2.45) is 0 Å². The molecule has 0 unspecified atom stereocenters. The third kappa shape index (κ3) is 2.91. The topological polar surface area (TPSA) is 49.3 Å². The number of fused-ring (bicyclic) bond motifs is 1. The van der Waals surface area contributed by atoms with Gasteiger partial charge in [-0.25, -0.2) is 0 Å². The van der Waals surface area contributed by atoms with Crippen molar-refractivity contribution in [2.75, 3.05) is 0 Å². The Labute approximate surface area is 127 Å².